The van der Waals surface area contributed by atoms with Gasteiger partial charge in [-0.1, -0.05) is 24.3 Å². The molecule has 3 rings (SSSR count). The van der Waals surface area contributed by atoms with Crippen molar-refractivity contribution in [2.45, 2.75) is 13.5 Å². The fraction of sp³-hybridized carbons (Fsp3) is 0.214. The number of nitrogens with zero attached hydrogens (tertiary/aromatic N) is 4. The monoisotopic (exact) mass is 253 g/mol. The fourth-order valence-corrected chi connectivity index (χ4v) is 2.04. The zero-order valence-corrected chi connectivity index (χ0v) is 10.7. The maximum absolute atomic E-state index is 4.25. The second kappa shape index (κ2) is 5.06. The first kappa shape index (κ1) is 11.6. The largest absolute Gasteiger partial charge is 0.366 e. The first-order valence-electron chi connectivity index (χ1n) is 6.26. The van der Waals surface area contributed by atoms with Gasteiger partial charge in [0.1, 0.15) is 0 Å². The maximum Gasteiger partial charge on any atom is 0.156 e. The molecule has 0 saturated carbocycles. The molecule has 5 heteroatoms. The highest BCUT2D eigenvalue weighted by molar-refractivity contribution is 5.90. The van der Waals surface area contributed by atoms with Gasteiger partial charge in [-0.2, -0.15) is 10.2 Å². The van der Waals surface area contributed by atoms with Crippen molar-refractivity contribution in [3.05, 3.63) is 48.4 Å². The quantitative estimate of drug-likeness (QED) is 0.774. The van der Waals surface area contributed by atoms with Gasteiger partial charge in [0.25, 0.3) is 0 Å². The van der Waals surface area contributed by atoms with E-state index in [1.165, 1.54) is 5.56 Å². The van der Waals surface area contributed by atoms with Crippen LogP contribution in [0.3, 0.4) is 0 Å². The number of fused-ring (bicyclic) bond motifs is 1. The topological polar surface area (TPSA) is 55.6 Å². The Kier molecular flexibility index (Phi) is 3.10. The molecular formula is C14H15N5. The number of aromatic nitrogens is 4. The lowest BCUT2D eigenvalue weighted by atomic mass is 10.2. The Morgan fingerprint density at radius 3 is 2.95 bits per heavy atom. The third-order valence-electron chi connectivity index (χ3n) is 2.97. The van der Waals surface area contributed by atoms with Crippen molar-refractivity contribution in [2.24, 2.45) is 0 Å². The molecule has 0 aliphatic rings. The second-order valence-electron chi connectivity index (χ2n) is 4.49. The number of hydrogen-bond donors (Lipinski definition) is 1. The zero-order valence-electron chi connectivity index (χ0n) is 10.7. The molecule has 0 saturated heterocycles. The molecule has 0 atom stereocenters. The highest BCUT2D eigenvalue weighted by Crippen LogP contribution is 2.18. The van der Waals surface area contributed by atoms with Crippen LogP contribution in [0.5, 0.6) is 0 Å². The summed E-state index contributed by atoms with van der Waals surface area (Å²) in [6.07, 6.45) is 5.66. The van der Waals surface area contributed by atoms with E-state index in [1.807, 2.05) is 48.3 Å². The Morgan fingerprint density at radius 1 is 1.21 bits per heavy atom. The van der Waals surface area contributed by atoms with Crippen LogP contribution in [0.15, 0.2) is 42.9 Å². The second-order valence-corrected chi connectivity index (χ2v) is 4.49. The van der Waals surface area contributed by atoms with E-state index in [4.69, 9.17) is 0 Å². The molecule has 19 heavy (non-hydrogen) atoms. The van der Waals surface area contributed by atoms with E-state index in [1.54, 1.807) is 6.20 Å². The number of hydrogen-bond acceptors (Lipinski definition) is 4. The average molecular weight is 253 g/mol. The molecule has 0 spiro atoms. The van der Waals surface area contributed by atoms with Gasteiger partial charge in [-0.05, 0) is 12.5 Å². The molecule has 0 aliphatic heterocycles. The molecule has 0 unspecified atom stereocenters. The van der Waals surface area contributed by atoms with Crippen LogP contribution >= 0.6 is 0 Å². The van der Waals surface area contributed by atoms with Crippen molar-refractivity contribution in [1.29, 1.82) is 0 Å². The Labute approximate surface area is 111 Å². The average Bonchev–Trinajstić information content (AvgIpc) is 2.85. The summed E-state index contributed by atoms with van der Waals surface area (Å²) in [4.78, 5) is 0. The van der Waals surface area contributed by atoms with Crippen LogP contribution in [0.1, 0.15) is 5.56 Å². The van der Waals surface area contributed by atoms with Crippen LogP contribution in [-0.2, 0) is 6.54 Å². The van der Waals surface area contributed by atoms with E-state index >= 15 is 0 Å². The van der Waals surface area contributed by atoms with Gasteiger partial charge in [0.15, 0.2) is 5.82 Å². The molecule has 2 aromatic heterocycles. The Morgan fingerprint density at radius 2 is 2.11 bits per heavy atom. The third kappa shape index (κ3) is 2.54. The number of nitrogens with one attached hydrogen (secondary N) is 1. The van der Waals surface area contributed by atoms with Crippen molar-refractivity contribution in [3.8, 4) is 0 Å². The van der Waals surface area contributed by atoms with Crippen molar-refractivity contribution < 1.29 is 0 Å². The van der Waals surface area contributed by atoms with Crippen molar-refractivity contribution in [1.82, 2.24) is 20.0 Å². The smallest absolute Gasteiger partial charge is 0.156 e. The molecule has 0 bridgehead atoms. The number of rotatable bonds is 4. The van der Waals surface area contributed by atoms with E-state index in [-0.39, 0.29) is 0 Å². The van der Waals surface area contributed by atoms with Crippen LogP contribution in [0.25, 0.3) is 10.8 Å². The number of anilines is 1. The summed E-state index contributed by atoms with van der Waals surface area (Å²) in [5, 5.41) is 17.9. The van der Waals surface area contributed by atoms with Gasteiger partial charge < -0.3 is 5.32 Å². The molecule has 0 aliphatic carbocycles. The first-order valence-corrected chi connectivity index (χ1v) is 6.26. The Hall–Kier alpha value is -2.43. The molecule has 1 N–H and O–H groups in total. The summed E-state index contributed by atoms with van der Waals surface area (Å²) in [5.74, 6) is 0.821. The molecule has 3 aromatic rings. The normalized spacial score (nSPS) is 10.8. The van der Waals surface area contributed by atoms with E-state index in [0.29, 0.717) is 0 Å². The van der Waals surface area contributed by atoms with Gasteiger partial charge in [0.2, 0.25) is 0 Å². The van der Waals surface area contributed by atoms with Crippen molar-refractivity contribution >= 4 is 16.6 Å². The predicted molar refractivity (Wildman–Crippen MR) is 75.0 cm³/mol. The minimum atomic E-state index is 0.768. The van der Waals surface area contributed by atoms with Crippen LogP contribution in [0, 0.1) is 6.92 Å². The first-order chi connectivity index (χ1) is 9.33. The Balaban J connectivity index is 1.71. The molecule has 5 nitrogen and oxygen atoms in total. The summed E-state index contributed by atoms with van der Waals surface area (Å²) in [7, 11) is 0. The van der Waals surface area contributed by atoms with Gasteiger partial charge in [0.05, 0.1) is 18.9 Å². The number of benzene rings is 1. The third-order valence-corrected chi connectivity index (χ3v) is 2.97. The summed E-state index contributed by atoms with van der Waals surface area (Å²) in [5.41, 5.74) is 1.17. The van der Waals surface area contributed by atoms with Crippen LogP contribution in [0.4, 0.5) is 5.82 Å². The minimum Gasteiger partial charge on any atom is -0.366 e. The Bertz CT molecular complexity index is 684. The molecule has 96 valence electrons. The van der Waals surface area contributed by atoms with Crippen LogP contribution < -0.4 is 5.32 Å². The van der Waals surface area contributed by atoms with E-state index in [2.05, 4.69) is 20.6 Å². The molecular weight excluding hydrogens is 238 g/mol. The molecule has 2 heterocycles. The van der Waals surface area contributed by atoms with Gasteiger partial charge in [-0.15, -0.1) is 5.10 Å². The van der Waals surface area contributed by atoms with Crippen molar-refractivity contribution in [3.63, 3.8) is 0 Å². The van der Waals surface area contributed by atoms with Gasteiger partial charge >= 0.3 is 0 Å². The molecule has 0 amide bonds. The van der Waals surface area contributed by atoms with Gasteiger partial charge in [-0.25, -0.2) is 0 Å². The molecule has 0 radical (unpaired) electrons. The maximum atomic E-state index is 4.25. The zero-order chi connectivity index (χ0) is 13.1. The summed E-state index contributed by atoms with van der Waals surface area (Å²) >= 11 is 0. The highest BCUT2D eigenvalue weighted by atomic mass is 15.3. The predicted octanol–water partition coefficient (Wildman–Crippen LogP) is 2.25. The minimum absolute atomic E-state index is 0.768. The summed E-state index contributed by atoms with van der Waals surface area (Å²) < 4.78 is 1.92. The lowest BCUT2D eigenvalue weighted by Crippen LogP contribution is -2.12. The van der Waals surface area contributed by atoms with Crippen LogP contribution in [-0.4, -0.2) is 26.5 Å². The van der Waals surface area contributed by atoms with E-state index in [0.717, 1.165) is 29.7 Å². The number of aryl methyl sites for hydroxylation is 1. The van der Waals surface area contributed by atoms with E-state index in [9.17, 15) is 0 Å². The van der Waals surface area contributed by atoms with E-state index < -0.39 is 0 Å². The molecule has 0 fully saturated rings. The lowest BCUT2D eigenvalue weighted by molar-refractivity contribution is 0.636. The van der Waals surface area contributed by atoms with Gasteiger partial charge in [0, 0.05) is 23.5 Å². The van der Waals surface area contributed by atoms with Crippen molar-refractivity contribution in [2.75, 3.05) is 11.9 Å². The molecule has 1 aromatic carbocycles. The SMILES string of the molecule is Cc1cnn(CCNc2nncc3ccccc23)c1. The summed E-state index contributed by atoms with van der Waals surface area (Å²) in [6.45, 7) is 3.61. The van der Waals surface area contributed by atoms with Gasteiger partial charge in [-0.3, -0.25) is 4.68 Å². The standard InChI is InChI=1S/C14H15N5/c1-11-8-17-19(10-11)7-6-15-14-13-5-3-2-4-12(13)9-16-18-14/h2-5,8-10H,6-7H2,1H3,(H,15,18). The highest BCUT2D eigenvalue weighted by Gasteiger charge is 2.02. The lowest BCUT2D eigenvalue weighted by Gasteiger charge is -2.07. The summed E-state index contributed by atoms with van der Waals surface area (Å²) in [6, 6.07) is 8.09. The fourth-order valence-electron chi connectivity index (χ4n) is 2.04. The van der Waals surface area contributed by atoms with Crippen LogP contribution in [0.2, 0.25) is 0 Å².